The van der Waals surface area contributed by atoms with Crippen molar-refractivity contribution < 1.29 is 14.4 Å². The van der Waals surface area contributed by atoms with Crippen LogP contribution in [0.2, 0.25) is 0 Å². The molecule has 0 radical (unpaired) electrons. The number of barbiturate groups is 1. The van der Waals surface area contributed by atoms with Crippen molar-refractivity contribution in [1.82, 2.24) is 10.2 Å². The van der Waals surface area contributed by atoms with E-state index in [-0.39, 0.29) is 12.5 Å². The van der Waals surface area contributed by atoms with Crippen LogP contribution in [0, 0.1) is 17.3 Å². The van der Waals surface area contributed by atoms with Gasteiger partial charge >= 0.3 is 6.03 Å². The number of carbonyl (C=O) groups excluding carboxylic acids is 3. The number of nitrogens with one attached hydrogen (secondary N) is 1. The summed E-state index contributed by atoms with van der Waals surface area (Å²) in [7, 11) is 0. The van der Waals surface area contributed by atoms with Crippen molar-refractivity contribution in [3.05, 3.63) is 0 Å². The normalized spacial score (nSPS) is 22.6. The van der Waals surface area contributed by atoms with Crippen molar-refractivity contribution in [2.45, 2.75) is 45.4 Å². The van der Waals surface area contributed by atoms with E-state index in [4.69, 9.17) is 0 Å². The molecule has 1 N–H and O–H groups in total. The van der Waals surface area contributed by atoms with Crippen molar-refractivity contribution in [3.63, 3.8) is 0 Å². The van der Waals surface area contributed by atoms with E-state index in [1.807, 2.05) is 0 Å². The van der Waals surface area contributed by atoms with Gasteiger partial charge in [0.15, 0.2) is 0 Å². The monoisotopic (exact) mass is 262 g/mol. The molecule has 4 amide bonds. The highest BCUT2D eigenvalue weighted by molar-refractivity contribution is 6.19. The molecule has 1 aliphatic carbocycles. The minimum atomic E-state index is -1.04. The third kappa shape index (κ3) is 2.35. The summed E-state index contributed by atoms with van der Waals surface area (Å²) in [5, 5.41) is 2.32. The predicted molar refractivity (Wildman–Crippen MR) is 68.8 cm³/mol. The molecule has 19 heavy (non-hydrogen) atoms. The highest BCUT2D eigenvalue weighted by Gasteiger charge is 2.53. The van der Waals surface area contributed by atoms with Crippen molar-refractivity contribution in [2.24, 2.45) is 5.41 Å². The smallest absolute Gasteiger partial charge is 0.277 e. The van der Waals surface area contributed by atoms with Gasteiger partial charge in [-0.05, 0) is 19.8 Å². The summed E-state index contributed by atoms with van der Waals surface area (Å²) in [5.41, 5.74) is -1.04. The van der Waals surface area contributed by atoms with Gasteiger partial charge in [0.2, 0.25) is 11.8 Å². The molecule has 5 heteroatoms. The Bertz CT molecular complexity index is 465. The number of hydrogen-bond donors (Lipinski definition) is 1. The maximum Gasteiger partial charge on any atom is 0.331 e. The molecule has 1 spiro atoms. The Hall–Kier alpha value is -1.83. The molecule has 0 bridgehead atoms. The minimum absolute atomic E-state index is 0.0518. The maximum absolute atomic E-state index is 12.6. The summed E-state index contributed by atoms with van der Waals surface area (Å²) in [6.45, 7) is 1.70. The van der Waals surface area contributed by atoms with E-state index in [9.17, 15) is 14.4 Å². The van der Waals surface area contributed by atoms with Gasteiger partial charge in [-0.3, -0.25) is 19.8 Å². The molecular formula is C14H18N2O3. The van der Waals surface area contributed by atoms with E-state index in [1.54, 1.807) is 6.92 Å². The van der Waals surface area contributed by atoms with Gasteiger partial charge in [-0.2, -0.15) is 0 Å². The van der Waals surface area contributed by atoms with E-state index in [1.165, 1.54) is 0 Å². The summed E-state index contributed by atoms with van der Waals surface area (Å²) < 4.78 is 0. The average molecular weight is 262 g/mol. The minimum Gasteiger partial charge on any atom is -0.277 e. The Morgan fingerprint density at radius 3 is 2.37 bits per heavy atom. The highest BCUT2D eigenvalue weighted by Crippen LogP contribution is 2.38. The highest BCUT2D eigenvalue weighted by atomic mass is 16.2. The van der Waals surface area contributed by atoms with E-state index in [0.29, 0.717) is 12.8 Å². The molecule has 102 valence electrons. The van der Waals surface area contributed by atoms with Crippen molar-refractivity contribution in [2.75, 3.05) is 6.54 Å². The number of carbonyl (C=O) groups is 3. The van der Waals surface area contributed by atoms with E-state index in [0.717, 1.165) is 30.6 Å². The predicted octanol–water partition coefficient (Wildman–Crippen LogP) is 1.43. The molecular weight excluding hydrogens is 244 g/mol. The molecule has 1 aliphatic heterocycles. The summed E-state index contributed by atoms with van der Waals surface area (Å²) in [6, 6.07) is -0.646. The summed E-state index contributed by atoms with van der Waals surface area (Å²) in [4.78, 5) is 37.5. The second-order valence-corrected chi connectivity index (χ2v) is 5.07. The van der Waals surface area contributed by atoms with Gasteiger partial charge in [-0.25, -0.2) is 4.79 Å². The van der Waals surface area contributed by atoms with Gasteiger partial charge in [0.05, 0.1) is 6.54 Å². The van der Waals surface area contributed by atoms with E-state index >= 15 is 0 Å². The van der Waals surface area contributed by atoms with Crippen LogP contribution in [-0.4, -0.2) is 29.3 Å². The molecule has 0 unspecified atom stereocenters. The van der Waals surface area contributed by atoms with Crippen LogP contribution in [0.25, 0.3) is 0 Å². The molecule has 1 heterocycles. The number of hydrogen-bond acceptors (Lipinski definition) is 3. The van der Waals surface area contributed by atoms with Crippen LogP contribution >= 0.6 is 0 Å². The second kappa shape index (κ2) is 5.43. The molecule has 1 saturated carbocycles. The lowest BCUT2D eigenvalue weighted by atomic mass is 9.77. The Morgan fingerprint density at radius 1 is 1.16 bits per heavy atom. The van der Waals surface area contributed by atoms with Gasteiger partial charge in [0.25, 0.3) is 0 Å². The lowest BCUT2D eigenvalue weighted by molar-refractivity contribution is -0.152. The fourth-order valence-electron chi connectivity index (χ4n) is 2.81. The first-order valence-electron chi connectivity index (χ1n) is 6.69. The van der Waals surface area contributed by atoms with Gasteiger partial charge in [0, 0.05) is 0 Å². The molecule has 2 fully saturated rings. The number of imide groups is 2. The first-order chi connectivity index (χ1) is 9.12. The third-order valence-electron chi connectivity index (χ3n) is 3.93. The Labute approximate surface area is 112 Å². The number of amides is 4. The zero-order valence-corrected chi connectivity index (χ0v) is 11.1. The van der Waals surface area contributed by atoms with Crippen molar-refractivity contribution >= 4 is 17.8 Å². The molecule has 1 saturated heterocycles. The van der Waals surface area contributed by atoms with Crippen LogP contribution < -0.4 is 5.32 Å². The number of rotatable bonds is 1. The van der Waals surface area contributed by atoms with E-state index < -0.39 is 17.4 Å². The lowest BCUT2D eigenvalue weighted by Crippen LogP contribution is -2.63. The van der Waals surface area contributed by atoms with Crippen LogP contribution in [0.5, 0.6) is 0 Å². The SMILES string of the molecule is CC#CCN1C(=O)NC(=O)C2(CCCCCC2)C1=O. The Balaban J connectivity index is 2.30. The molecule has 0 atom stereocenters. The largest absolute Gasteiger partial charge is 0.331 e. The first-order valence-corrected chi connectivity index (χ1v) is 6.69. The third-order valence-corrected chi connectivity index (χ3v) is 3.93. The lowest BCUT2D eigenvalue weighted by Gasteiger charge is -2.38. The molecule has 2 rings (SSSR count). The topological polar surface area (TPSA) is 66.5 Å². The van der Waals surface area contributed by atoms with Crippen LogP contribution in [-0.2, 0) is 9.59 Å². The Morgan fingerprint density at radius 2 is 1.79 bits per heavy atom. The standard InChI is InChI=1S/C14H18N2O3/c1-2-3-10-16-12(18)14(11(17)15-13(16)19)8-6-4-5-7-9-14/h4-10H2,1H3,(H,15,17,19). The van der Waals surface area contributed by atoms with Crippen LogP contribution in [0.15, 0.2) is 0 Å². The van der Waals surface area contributed by atoms with E-state index in [2.05, 4.69) is 17.2 Å². The maximum atomic E-state index is 12.6. The number of urea groups is 1. The van der Waals surface area contributed by atoms with Crippen LogP contribution in [0.3, 0.4) is 0 Å². The summed E-state index contributed by atoms with van der Waals surface area (Å²) in [5.74, 6) is 4.58. The summed E-state index contributed by atoms with van der Waals surface area (Å²) in [6.07, 6.45) is 4.82. The molecule has 0 aromatic rings. The molecule has 0 aromatic heterocycles. The first kappa shape index (κ1) is 13.6. The fraction of sp³-hybridized carbons (Fsp3) is 0.643. The van der Waals surface area contributed by atoms with Crippen molar-refractivity contribution in [3.8, 4) is 11.8 Å². The van der Waals surface area contributed by atoms with Crippen molar-refractivity contribution in [1.29, 1.82) is 0 Å². The second-order valence-electron chi connectivity index (χ2n) is 5.07. The molecule has 0 aromatic carbocycles. The average Bonchev–Trinajstić information content (AvgIpc) is 2.63. The van der Waals surface area contributed by atoms with Gasteiger partial charge < -0.3 is 0 Å². The fourth-order valence-corrected chi connectivity index (χ4v) is 2.81. The number of nitrogens with zero attached hydrogens (tertiary/aromatic N) is 1. The molecule has 2 aliphatic rings. The quantitative estimate of drug-likeness (QED) is 0.574. The van der Waals surface area contributed by atoms with Gasteiger partial charge in [-0.15, -0.1) is 5.92 Å². The summed E-state index contributed by atoms with van der Waals surface area (Å²) >= 11 is 0. The Kier molecular flexibility index (Phi) is 3.89. The van der Waals surface area contributed by atoms with Crippen LogP contribution in [0.1, 0.15) is 45.4 Å². The molecule has 5 nitrogen and oxygen atoms in total. The van der Waals surface area contributed by atoms with Crippen LogP contribution in [0.4, 0.5) is 4.79 Å². The van der Waals surface area contributed by atoms with Gasteiger partial charge in [-0.1, -0.05) is 31.6 Å². The van der Waals surface area contributed by atoms with Gasteiger partial charge in [0.1, 0.15) is 5.41 Å². The zero-order valence-electron chi connectivity index (χ0n) is 11.1. The zero-order chi connectivity index (χ0) is 13.9.